The molecular weight excluding hydrogens is 185 g/mol. The van der Waals surface area contributed by atoms with E-state index in [9.17, 15) is 21.6 Å². The molecule has 0 saturated carbocycles. The molecule has 0 radical (unpaired) electrons. The van der Waals surface area contributed by atoms with Gasteiger partial charge in [0, 0.05) is 6.42 Å². The molecule has 3 nitrogen and oxygen atoms in total. The van der Waals surface area contributed by atoms with Crippen LogP contribution in [0.2, 0.25) is 0 Å². The van der Waals surface area contributed by atoms with E-state index >= 15 is 0 Å². The third-order valence-corrected chi connectivity index (χ3v) is 2.62. The number of rotatable bonds is 0. The van der Waals surface area contributed by atoms with Gasteiger partial charge in [-0.25, -0.2) is 13.2 Å². The summed E-state index contributed by atoms with van der Waals surface area (Å²) in [5.41, 5.74) is -3.22. The molecule has 11 heavy (non-hydrogen) atoms. The maximum absolute atomic E-state index is 12.3. The van der Waals surface area contributed by atoms with E-state index < -0.39 is 34.6 Å². The van der Waals surface area contributed by atoms with Gasteiger partial charge in [-0.2, -0.15) is 8.42 Å². The first-order valence-electron chi connectivity index (χ1n) is 2.76. The zero-order chi connectivity index (χ0) is 8.70. The maximum Gasteiger partial charge on any atom is 0.306 e. The van der Waals surface area contributed by atoms with Gasteiger partial charge in [0.15, 0.2) is 0 Å². The molecule has 0 aromatic heterocycles. The fourth-order valence-electron chi connectivity index (χ4n) is 0.678. The zero-order valence-corrected chi connectivity index (χ0v) is 6.07. The van der Waals surface area contributed by atoms with Crippen LogP contribution in [0.5, 0.6) is 0 Å². The molecule has 1 fully saturated rings. The van der Waals surface area contributed by atoms with E-state index in [0.717, 1.165) is 0 Å². The van der Waals surface area contributed by atoms with Gasteiger partial charge in [0.05, 0.1) is 6.61 Å². The van der Waals surface area contributed by atoms with Crippen molar-refractivity contribution in [3.05, 3.63) is 0 Å². The lowest BCUT2D eigenvalue weighted by molar-refractivity contribution is -0.0722. The van der Waals surface area contributed by atoms with Crippen molar-refractivity contribution in [2.24, 2.45) is 0 Å². The van der Waals surface area contributed by atoms with Gasteiger partial charge in [-0.05, 0) is 0 Å². The standard InChI is InChI=1S/C4H5F3O3S/c5-3-4(6,7)1-2-10-11(3,8)9/h3H,1-2H2. The molecule has 0 aliphatic carbocycles. The molecule has 1 unspecified atom stereocenters. The topological polar surface area (TPSA) is 43.4 Å². The minimum Gasteiger partial charge on any atom is -0.267 e. The molecule has 1 rings (SSSR count). The minimum absolute atomic E-state index is 0.657. The summed E-state index contributed by atoms with van der Waals surface area (Å²) in [5.74, 6) is -3.81. The third kappa shape index (κ3) is 1.48. The highest BCUT2D eigenvalue weighted by Crippen LogP contribution is 2.33. The van der Waals surface area contributed by atoms with Crippen molar-refractivity contribution in [1.29, 1.82) is 0 Å². The Morgan fingerprint density at radius 1 is 1.45 bits per heavy atom. The molecular formula is C4H5F3O3S. The zero-order valence-electron chi connectivity index (χ0n) is 5.26. The van der Waals surface area contributed by atoms with Crippen LogP contribution < -0.4 is 0 Å². The van der Waals surface area contributed by atoms with Gasteiger partial charge in [0.25, 0.3) is 11.4 Å². The summed E-state index contributed by atoms with van der Waals surface area (Å²) < 4.78 is 61.3. The van der Waals surface area contributed by atoms with E-state index in [0.29, 0.717) is 0 Å². The van der Waals surface area contributed by atoms with Crippen molar-refractivity contribution in [1.82, 2.24) is 0 Å². The van der Waals surface area contributed by atoms with Crippen LogP contribution in [0.15, 0.2) is 0 Å². The second-order valence-corrected chi connectivity index (χ2v) is 3.78. The summed E-state index contributed by atoms with van der Waals surface area (Å²) in [5, 5.41) is 0. The Hall–Kier alpha value is -0.300. The van der Waals surface area contributed by atoms with E-state index in [1.54, 1.807) is 0 Å². The lowest BCUT2D eigenvalue weighted by Crippen LogP contribution is -2.43. The fourth-order valence-corrected chi connectivity index (χ4v) is 1.65. The Kier molecular flexibility index (Phi) is 1.87. The van der Waals surface area contributed by atoms with Crippen molar-refractivity contribution in [2.45, 2.75) is 17.8 Å². The SMILES string of the molecule is O=S1(=O)OCCC(F)(F)C1F. The molecule has 0 bridgehead atoms. The smallest absolute Gasteiger partial charge is 0.267 e. The molecule has 66 valence electrons. The summed E-state index contributed by atoms with van der Waals surface area (Å²) in [6, 6.07) is 0. The Labute approximate surface area is 61.3 Å². The highest BCUT2D eigenvalue weighted by atomic mass is 32.2. The van der Waals surface area contributed by atoms with E-state index in [1.165, 1.54) is 0 Å². The third-order valence-electron chi connectivity index (χ3n) is 1.27. The van der Waals surface area contributed by atoms with Gasteiger partial charge >= 0.3 is 10.1 Å². The highest BCUT2D eigenvalue weighted by molar-refractivity contribution is 7.87. The fraction of sp³-hybridized carbons (Fsp3) is 1.00. The highest BCUT2D eigenvalue weighted by Gasteiger charge is 2.52. The Bertz CT molecular complexity index is 247. The van der Waals surface area contributed by atoms with Crippen molar-refractivity contribution in [3.63, 3.8) is 0 Å². The van der Waals surface area contributed by atoms with Gasteiger partial charge in [-0.15, -0.1) is 0 Å². The number of hydrogen-bond donors (Lipinski definition) is 0. The second-order valence-electron chi connectivity index (χ2n) is 2.14. The first-order chi connectivity index (χ1) is 4.86. The molecule has 1 atom stereocenters. The van der Waals surface area contributed by atoms with Crippen LogP contribution in [0.1, 0.15) is 6.42 Å². The van der Waals surface area contributed by atoms with Gasteiger partial charge in [0.1, 0.15) is 0 Å². The van der Waals surface area contributed by atoms with Gasteiger partial charge in [0.2, 0.25) is 0 Å². The van der Waals surface area contributed by atoms with Crippen LogP contribution in [0.25, 0.3) is 0 Å². The molecule has 1 aliphatic rings. The minimum atomic E-state index is -4.69. The number of halogens is 3. The van der Waals surface area contributed by atoms with Gasteiger partial charge < -0.3 is 0 Å². The van der Waals surface area contributed by atoms with E-state index in [1.807, 2.05) is 0 Å². The van der Waals surface area contributed by atoms with Crippen LogP contribution in [0, 0.1) is 0 Å². The average Bonchev–Trinajstić information content (AvgIpc) is 1.82. The molecule has 0 N–H and O–H groups in total. The summed E-state index contributed by atoms with van der Waals surface area (Å²) in [4.78, 5) is 0. The summed E-state index contributed by atoms with van der Waals surface area (Å²) >= 11 is 0. The summed E-state index contributed by atoms with van der Waals surface area (Å²) in [7, 11) is -4.69. The van der Waals surface area contributed by atoms with Crippen LogP contribution in [-0.4, -0.2) is 26.5 Å². The second kappa shape index (κ2) is 2.34. The van der Waals surface area contributed by atoms with Crippen molar-refractivity contribution < 1.29 is 25.8 Å². The molecule has 1 saturated heterocycles. The van der Waals surface area contributed by atoms with Crippen molar-refractivity contribution in [3.8, 4) is 0 Å². The lowest BCUT2D eigenvalue weighted by atomic mass is 10.3. The van der Waals surface area contributed by atoms with Gasteiger partial charge in [-0.3, -0.25) is 4.18 Å². The van der Waals surface area contributed by atoms with Crippen LogP contribution in [-0.2, 0) is 14.3 Å². The summed E-state index contributed by atoms with van der Waals surface area (Å²) in [6.45, 7) is -0.657. The Morgan fingerprint density at radius 3 is 2.36 bits per heavy atom. The predicted molar refractivity (Wildman–Crippen MR) is 29.3 cm³/mol. The monoisotopic (exact) mass is 190 g/mol. The van der Waals surface area contributed by atoms with Crippen LogP contribution >= 0.6 is 0 Å². The maximum atomic E-state index is 12.3. The van der Waals surface area contributed by atoms with Crippen molar-refractivity contribution >= 4 is 10.1 Å². The molecule has 0 aromatic rings. The molecule has 1 heterocycles. The summed E-state index contributed by atoms with van der Waals surface area (Å²) in [6.07, 6.45) is -0.895. The normalized spacial score (nSPS) is 35.0. The first-order valence-corrected chi connectivity index (χ1v) is 4.23. The van der Waals surface area contributed by atoms with E-state index in [4.69, 9.17) is 0 Å². The molecule has 0 aromatic carbocycles. The van der Waals surface area contributed by atoms with E-state index in [-0.39, 0.29) is 0 Å². The average molecular weight is 190 g/mol. The van der Waals surface area contributed by atoms with Crippen LogP contribution in [0.3, 0.4) is 0 Å². The Morgan fingerprint density at radius 2 is 2.00 bits per heavy atom. The van der Waals surface area contributed by atoms with Gasteiger partial charge in [-0.1, -0.05) is 0 Å². The lowest BCUT2D eigenvalue weighted by Gasteiger charge is -2.24. The number of alkyl halides is 3. The molecule has 1 aliphatic heterocycles. The number of hydrogen-bond acceptors (Lipinski definition) is 3. The Balaban J connectivity index is 2.94. The quantitative estimate of drug-likeness (QED) is 0.527. The first kappa shape index (κ1) is 8.79. The molecule has 0 amide bonds. The van der Waals surface area contributed by atoms with Crippen molar-refractivity contribution in [2.75, 3.05) is 6.61 Å². The molecule has 0 spiro atoms. The van der Waals surface area contributed by atoms with E-state index in [2.05, 4.69) is 4.18 Å². The molecule has 7 heteroatoms. The largest absolute Gasteiger partial charge is 0.306 e. The van der Waals surface area contributed by atoms with Crippen LogP contribution in [0.4, 0.5) is 13.2 Å². The predicted octanol–water partition coefficient (Wildman–Crippen LogP) is 0.667.